The van der Waals surface area contributed by atoms with Crippen LogP contribution in [0.1, 0.15) is 20.3 Å². The van der Waals surface area contributed by atoms with Gasteiger partial charge in [-0.05, 0) is 25.4 Å². The molecule has 78 valence electrons. The lowest BCUT2D eigenvalue weighted by Crippen LogP contribution is -2.32. The van der Waals surface area contributed by atoms with Gasteiger partial charge in [0, 0.05) is 25.7 Å². The molecule has 1 aliphatic rings. The topological polar surface area (TPSA) is 41.3 Å². The highest BCUT2D eigenvalue weighted by Crippen LogP contribution is 2.14. The summed E-state index contributed by atoms with van der Waals surface area (Å²) in [5.41, 5.74) is 5.52. The quantitative estimate of drug-likeness (QED) is 0.646. The van der Waals surface area contributed by atoms with Gasteiger partial charge in [0.1, 0.15) is 0 Å². The third kappa shape index (κ3) is 4.07. The smallest absolute Gasteiger partial charge is 0.0105 e. The molecule has 1 saturated heterocycles. The Labute approximate surface area is 81.7 Å². The summed E-state index contributed by atoms with van der Waals surface area (Å²) in [6, 6.07) is 0.614. The summed E-state index contributed by atoms with van der Waals surface area (Å²) < 4.78 is 0. The van der Waals surface area contributed by atoms with E-state index < -0.39 is 0 Å². The number of likely N-dealkylation sites (tertiary alicyclic amines) is 1. The molecule has 1 atom stereocenters. The van der Waals surface area contributed by atoms with E-state index in [1.165, 1.54) is 26.1 Å². The van der Waals surface area contributed by atoms with Crippen molar-refractivity contribution in [3.05, 3.63) is 0 Å². The van der Waals surface area contributed by atoms with Crippen LogP contribution < -0.4 is 11.1 Å². The Kier molecular flexibility index (Phi) is 4.70. The molecule has 3 nitrogen and oxygen atoms in total. The van der Waals surface area contributed by atoms with Gasteiger partial charge in [-0.2, -0.15) is 0 Å². The van der Waals surface area contributed by atoms with Gasteiger partial charge in [0.15, 0.2) is 0 Å². The van der Waals surface area contributed by atoms with Crippen LogP contribution in [0, 0.1) is 5.92 Å². The summed E-state index contributed by atoms with van der Waals surface area (Å²) in [5.74, 6) is 0.842. The fourth-order valence-corrected chi connectivity index (χ4v) is 1.87. The largest absolute Gasteiger partial charge is 0.329 e. The first-order valence-corrected chi connectivity index (χ1v) is 5.38. The van der Waals surface area contributed by atoms with Gasteiger partial charge in [-0.15, -0.1) is 0 Å². The molecular weight excluding hydrogens is 162 g/mol. The van der Waals surface area contributed by atoms with Crippen molar-refractivity contribution in [2.24, 2.45) is 11.7 Å². The molecule has 1 fully saturated rings. The second-order valence-corrected chi connectivity index (χ2v) is 4.31. The molecule has 0 radical (unpaired) electrons. The Hall–Kier alpha value is -0.120. The van der Waals surface area contributed by atoms with Gasteiger partial charge in [-0.3, -0.25) is 0 Å². The van der Waals surface area contributed by atoms with Crippen LogP contribution >= 0.6 is 0 Å². The van der Waals surface area contributed by atoms with E-state index in [1.807, 2.05) is 0 Å². The molecule has 1 heterocycles. The van der Waals surface area contributed by atoms with Crippen molar-refractivity contribution >= 4 is 0 Å². The standard InChI is InChI=1S/C10H23N3/c1-9(2)12-7-10-3-5-13(8-10)6-4-11/h9-10,12H,3-8,11H2,1-2H3. The van der Waals surface area contributed by atoms with E-state index in [2.05, 4.69) is 24.1 Å². The van der Waals surface area contributed by atoms with Crippen molar-refractivity contribution < 1.29 is 0 Å². The molecule has 0 saturated carbocycles. The van der Waals surface area contributed by atoms with Crippen LogP contribution in [0.3, 0.4) is 0 Å². The summed E-state index contributed by atoms with van der Waals surface area (Å²) in [4.78, 5) is 2.46. The number of nitrogens with two attached hydrogens (primary N) is 1. The second kappa shape index (κ2) is 5.58. The van der Waals surface area contributed by atoms with Crippen LogP contribution in [0.5, 0.6) is 0 Å². The molecule has 0 amide bonds. The summed E-state index contributed by atoms with van der Waals surface area (Å²) in [7, 11) is 0. The molecule has 0 spiro atoms. The Morgan fingerprint density at radius 2 is 2.31 bits per heavy atom. The zero-order chi connectivity index (χ0) is 9.68. The van der Waals surface area contributed by atoms with Crippen LogP contribution in [-0.2, 0) is 0 Å². The van der Waals surface area contributed by atoms with Crippen LogP contribution in [-0.4, -0.2) is 43.7 Å². The Balaban J connectivity index is 2.10. The Bertz CT molecular complexity index is 136. The average Bonchev–Trinajstić information content (AvgIpc) is 2.50. The van der Waals surface area contributed by atoms with Gasteiger partial charge < -0.3 is 16.0 Å². The molecular formula is C10H23N3. The highest BCUT2D eigenvalue weighted by Gasteiger charge is 2.21. The average molecular weight is 185 g/mol. The SMILES string of the molecule is CC(C)NCC1CCN(CCN)C1. The van der Waals surface area contributed by atoms with Gasteiger partial charge >= 0.3 is 0 Å². The highest BCUT2D eigenvalue weighted by atomic mass is 15.2. The number of hydrogen-bond acceptors (Lipinski definition) is 3. The number of nitrogens with one attached hydrogen (secondary N) is 1. The number of nitrogens with zero attached hydrogens (tertiary/aromatic N) is 1. The lowest BCUT2D eigenvalue weighted by molar-refractivity contribution is 0.328. The van der Waals surface area contributed by atoms with E-state index >= 15 is 0 Å². The van der Waals surface area contributed by atoms with Crippen molar-refractivity contribution in [2.75, 3.05) is 32.7 Å². The molecule has 0 aliphatic carbocycles. The molecule has 3 N–H and O–H groups in total. The van der Waals surface area contributed by atoms with Crippen molar-refractivity contribution in [2.45, 2.75) is 26.3 Å². The predicted molar refractivity (Wildman–Crippen MR) is 56.7 cm³/mol. The van der Waals surface area contributed by atoms with Crippen molar-refractivity contribution in [1.29, 1.82) is 0 Å². The van der Waals surface area contributed by atoms with Gasteiger partial charge in [0.25, 0.3) is 0 Å². The first-order valence-electron chi connectivity index (χ1n) is 5.38. The van der Waals surface area contributed by atoms with E-state index in [0.29, 0.717) is 6.04 Å². The fraction of sp³-hybridized carbons (Fsp3) is 1.00. The summed E-state index contributed by atoms with van der Waals surface area (Å²) >= 11 is 0. The third-order valence-electron chi connectivity index (χ3n) is 2.63. The number of rotatable bonds is 5. The lowest BCUT2D eigenvalue weighted by Gasteiger charge is -2.16. The van der Waals surface area contributed by atoms with Crippen LogP contribution in [0.2, 0.25) is 0 Å². The lowest BCUT2D eigenvalue weighted by atomic mass is 10.1. The number of hydrogen-bond donors (Lipinski definition) is 2. The maximum Gasteiger partial charge on any atom is 0.0105 e. The van der Waals surface area contributed by atoms with Gasteiger partial charge in [-0.1, -0.05) is 13.8 Å². The minimum absolute atomic E-state index is 0.614. The van der Waals surface area contributed by atoms with Crippen LogP contribution in [0.4, 0.5) is 0 Å². The van der Waals surface area contributed by atoms with Crippen LogP contribution in [0.15, 0.2) is 0 Å². The van der Waals surface area contributed by atoms with E-state index in [1.54, 1.807) is 0 Å². The molecule has 0 aromatic heterocycles. The molecule has 0 aromatic carbocycles. The van der Waals surface area contributed by atoms with Gasteiger partial charge in [0.05, 0.1) is 0 Å². The molecule has 13 heavy (non-hydrogen) atoms. The monoisotopic (exact) mass is 185 g/mol. The summed E-state index contributed by atoms with van der Waals surface area (Å²) in [6.07, 6.45) is 1.33. The van der Waals surface area contributed by atoms with E-state index in [4.69, 9.17) is 5.73 Å². The van der Waals surface area contributed by atoms with Gasteiger partial charge in [-0.25, -0.2) is 0 Å². The third-order valence-corrected chi connectivity index (χ3v) is 2.63. The van der Waals surface area contributed by atoms with E-state index in [0.717, 1.165) is 19.0 Å². The maximum atomic E-state index is 5.52. The molecule has 0 aromatic rings. The van der Waals surface area contributed by atoms with E-state index in [9.17, 15) is 0 Å². The first-order chi connectivity index (χ1) is 6.22. The fourth-order valence-electron chi connectivity index (χ4n) is 1.87. The second-order valence-electron chi connectivity index (χ2n) is 4.31. The molecule has 3 heteroatoms. The highest BCUT2D eigenvalue weighted by molar-refractivity contribution is 4.77. The van der Waals surface area contributed by atoms with Crippen LogP contribution in [0.25, 0.3) is 0 Å². The summed E-state index contributed by atoms with van der Waals surface area (Å²) in [5, 5.41) is 3.49. The minimum Gasteiger partial charge on any atom is -0.329 e. The molecule has 1 unspecified atom stereocenters. The van der Waals surface area contributed by atoms with Gasteiger partial charge in [0.2, 0.25) is 0 Å². The zero-order valence-corrected chi connectivity index (χ0v) is 8.92. The van der Waals surface area contributed by atoms with Crippen molar-refractivity contribution in [3.63, 3.8) is 0 Å². The summed E-state index contributed by atoms with van der Waals surface area (Å²) in [6.45, 7) is 9.90. The normalized spacial score (nSPS) is 24.5. The van der Waals surface area contributed by atoms with Crippen molar-refractivity contribution in [1.82, 2.24) is 10.2 Å². The minimum atomic E-state index is 0.614. The zero-order valence-electron chi connectivity index (χ0n) is 8.92. The predicted octanol–water partition coefficient (Wildman–Crippen LogP) is 0.265. The Morgan fingerprint density at radius 1 is 1.54 bits per heavy atom. The first kappa shape index (κ1) is 11.0. The molecule has 0 bridgehead atoms. The Morgan fingerprint density at radius 3 is 2.92 bits per heavy atom. The van der Waals surface area contributed by atoms with Crippen molar-refractivity contribution in [3.8, 4) is 0 Å². The maximum absolute atomic E-state index is 5.52. The molecule has 1 aliphatic heterocycles. The van der Waals surface area contributed by atoms with E-state index in [-0.39, 0.29) is 0 Å². The molecule has 1 rings (SSSR count).